The molecule has 0 amide bonds. The van der Waals surface area contributed by atoms with Gasteiger partial charge in [0.15, 0.2) is 5.75 Å². The number of fused-ring (bicyclic) bond motifs is 1. The van der Waals surface area contributed by atoms with Crippen LogP contribution in [0.2, 0.25) is 0 Å². The van der Waals surface area contributed by atoms with Crippen molar-refractivity contribution in [2.24, 2.45) is 0 Å². The number of esters is 1. The number of hydrogen-bond donors (Lipinski definition) is 0. The van der Waals surface area contributed by atoms with Gasteiger partial charge in [-0.1, -0.05) is 29.8 Å². The lowest BCUT2D eigenvalue weighted by molar-refractivity contribution is -0.137. The van der Waals surface area contributed by atoms with E-state index in [4.69, 9.17) is 4.74 Å². The normalized spacial score (nSPS) is 17.6. The Morgan fingerprint density at radius 2 is 1.91 bits per heavy atom. The summed E-state index contributed by atoms with van der Waals surface area (Å²) in [4.78, 5) is 11.5. The molecule has 0 radical (unpaired) electrons. The number of alkyl halides is 3. The van der Waals surface area contributed by atoms with Crippen molar-refractivity contribution in [1.29, 1.82) is 0 Å². The van der Waals surface area contributed by atoms with Crippen LogP contribution in [-0.4, -0.2) is 19.9 Å². The van der Waals surface area contributed by atoms with Gasteiger partial charge in [0, 0.05) is 15.5 Å². The Hall–Kier alpha value is -1.29. The van der Waals surface area contributed by atoms with Crippen molar-refractivity contribution in [1.82, 2.24) is 0 Å². The molecule has 1 heterocycles. The summed E-state index contributed by atoms with van der Waals surface area (Å²) in [6.45, 7) is 3.15. The van der Waals surface area contributed by atoms with E-state index in [1.807, 2.05) is 0 Å². The molecule has 0 bridgehead atoms. The quantitative estimate of drug-likeness (QED) is 0.328. The maximum Gasteiger partial charge on any atom is 0.534 e. The second-order valence-corrected chi connectivity index (χ2v) is 7.75. The largest absolute Gasteiger partial charge is 0.534 e. The molecule has 1 aliphatic rings. The topological polar surface area (TPSA) is 69.7 Å². The first-order chi connectivity index (χ1) is 9.83. The predicted molar refractivity (Wildman–Crippen MR) is 73.0 cm³/mol. The average molecular weight is 403 g/mol. The molecule has 0 aliphatic carbocycles. The van der Waals surface area contributed by atoms with Crippen molar-refractivity contribution in [2.45, 2.75) is 31.2 Å². The van der Waals surface area contributed by atoms with E-state index >= 15 is 0 Å². The van der Waals surface area contributed by atoms with E-state index in [9.17, 15) is 26.4 Å². The molecule has 0 unspecified atom stereocenters. The Morgan fingerprint density at radius 1 is 1.32 bits per heavy atom. The summed E-state index contributed by atoms with van der Waals surface area (Å²) in [6, 6.07) is 2.45. The Labute approximate surface area is 132 Å². The third kappa shape index (κ3) is 3.07. The highest BCUT2D eigenvalue weighted by Gasteiger charge is 2.49. The molecule has 0 atom stereocenters. The van der Waals surface area contributed by atoms with Crippen LogP contribution in [0.25, 0.3) is 0 Å². The molecule has 1 aliphatic heterocycles. The van der Waals surface area contributed by atoms with Crippen LogP contribution >= 0.6 is 15.9 Å². The summed E-state index contributed by atoms with van der Waals surface area (Å²) < 4.78 is 69.4. The lowest BCUT2D eigenvalue weighted by atomic mass is 9.79. The molecule has 0 saturated carbocycles. The number of ether oxygens (including phenoxy) is 1. The van der Waals surface area contributed by atoms with Gasteiger partial charge in [-0.2, -0.15) is 21.6 Å². The van der Waals surface area contributed by atoms with Crippen molar-refractivity contribution in [3.63, 3.8) is 0 Å². The zero-order valence-corrected chi connectivity index (χ0v) is 13.7. The molecule has 0 spiro atoms. The van der Waals surface area contributed by atoms with Crippen LogP contribution in [0.4, 0.5) is 13.2 Å². The minimum atomic E-state index is -5.83. The fraction of sp³-hybridized carbons (Fsp3) is 0.417. The van der Waals surface area contributed by atoms with Crippen LogP contribution < -0.4 is 8.92 Å². The second kappa shape index (κ2) is 5.12. The van der Waals surface area contributed by atoms with Gasteiger partial charge in [0.2, 0.25) is 0 Å². The first kappa shape index (κ1) is 17.1. The molecular weight excluding hydrogens is 393 g/mol. The highest BCUT2D eigenvalue weighted by Crippen LogP contribution is 2.47. The Balaban J connectivity index is 2.62. The maximum atomic E-state index is 12.5. The van der Waals surface area contributed by atoms with E-state index in [-0.39, 0.29) is 22.2 Å². The molecule has 2 rings (SSSR count). The molecule has 0 aromatic heterocycles. The van der Waals surface area contributed by atoms with E-state index in [2.05, 4.69) is 20.1 Å². The SMILES string of the molecule is CC1(C)CC(=O)Oc2cc(Br)cc(OS(=O)(=O)C(F)(F)F)c21. The van der Waals surface area contributed by atoms with Gasteiger partial charge in [-0.05, 0) is 12.1 Å². The molecule has 0 saturated heterocycles. The lowest BCUT2D eigenvalue weighted by Crippen LogP contribution is -2.33. The monoisotopic (exact) mass is 402 g/mol. The lowest BCUT2D eigenvalue weighted by Gasteiger charge is -2.32. The molecule has 1 aromatic carbocycles. The van der Waals surface area contributed by atoms with E-state index in [0.717, 1.165) is 6.07 Å². The number of rotatable bonds is 2. The Bertz CT molecular complexity index is 740. The summed E-state index contributed by atoms with van der Waals surface area (Å²) in [6.07, 6.45) is -0.121. The smallest absolute Gasteiger partial charge is 0.426 e. The molecule has 5 nitrogen and oxygen atoms in total. The first-order valence-electron chi connectivity index (χ1n) is 5.89. The van der Waals surface area contributed by atoms with E-state index in [0.29, 0.717) is 0 Å². The maximum absolute atomic E-state index is 12.5. The number of halogens is 4. The molecule has 1 aromatic rings. The molecule has 122 valence electrons. The molecule has 0 N–H and O–H groups in total. The van der Waals surface area contributed by atoms with Gasteiger partial charge in [0.1, 0.15) is 5.75 Å². The zero-order chi connectivity index (χ0) is 16.9. The van der Waals surface area contributed by atoms with Crippen LogP contribution in [-0.2, 0) is 20.3 Å². The van der Waals surface area contributed by atoms with Gasteiger partial charge < -0.3 is 8.92 Å². The average Bonchev–Trinajstić information content (AvgIpc) is 2.22. The standard InChI is InChI=1S/C12H10BrF3O5S/c1-11(2)5-9(17)20-7-3-6(13)4-8(10(7)11)21-22(18,19)12(14,15)16/h3-4H,5H2,1-2H3. The molecular formula is C12H10BrF3O5S. The minimum Gasteiger partial charge on any atom is -0.426 e. The van der Waals surface area contributed by atoms with Gasteiger partial charge in [0.05, 0.1) is 6.42 Å². The molecule has 10 heteroatoms. The van der Waals surface area contributed by atoms with E-state index in [1.165, 1.54) is 6.07 Å². The van der Waals surface area contributed by atoms with Crippen LogP contribution in [0.3, 0.4) is 0 Å². The van der Waals surface area contributed by atoms with Crippen molar-refractivity contribution in [3.05, 3.63) is 22.2 Å². The summed E-state index contributed by atoms with van der Waals surface area (Å²) in [5.74, 6) is -1.14. The summed E-state index contributed by atoms with van der Waals surface area (Å²) in [7, 11) is -5.83. The van der Waals surface area contributed by atoms with Crippen LogP contribution in [0.5, 0.6) is 11.5 Å². The zero-order valence-electron chi connectivity index (χ0n) is 11.3. The van der Waals surface area contributed by atoms with Gasteiger partial charge in [-0.25, -0.2) is 0 Å². The second-order valence-electron chi connectivity index (χ2n) is 5.29. The third-order valence-electron chi connectivity index (χ3n) is 3.00. The Kier molecular flexibility index (Phi) is 3.97. The van der Waals surface area contributed by atoms with Crippen molar-refractivity contribution < 1.29 is 35.3 Å². The van der Waals surface area contributed by atoms with Crippen LogP contribution in [0, 0.1) is 0 Å². The van der Waals surface area contributed by atoms with Gasteiger partial charge in [-0.15, -0.1) is 0 Å². The summed E-state index contributed by atoms with van der Waals surface area (Å²) in [5.41, 5.74) is -6.41. The number of carbonyl (C=O) groups is 1. The molecule has 22 heavy (non-hydrogen) atoms. The third-order valence-corrected chi connectivity index (χ3v) is 4.42. The van der Waals surface area contributed by atoms with E-state index < -0.39 is 32.8 Å². The Morgan fingerprint density at radius 3 is 2.45 bits per heavy atom. The summed E-state index contributed by atoms with van der Waals surface area (Å²) >= 11 is 3.01. The van der Waals surface area contributed by atoms with Crippen LogP contribution in [0.15, 0.2) is 16.6 Å². The number of hydrogen-bond acceptors (Lipinski definition) is 5. The molecule has 0 fully saturated rings. The van der Waals surface area contributed by atoms with Crippen molar-refractivity contribution >= 4 is 32.0 Å². The van der Waals surface area contributed by atoms with Gasteiger partial charge >= 0.3 is 21.6 Å². The first-order valence-corrected chi connectivity index (χ1v) is 8.09. The number of benzene rings is 1. The van der Waals surface area contributed by atoms with Gasteiger partial charge in [0.25, 0.3) is 0 Å². The van der Waals surface area contributed by atoms with Crippen molar-refractivity contribution in [3.8, 4) is 11.5 Å². The predicted octanol–water partition coefficient (Wildman–Crippen LogP) is 3.26. The van der Waals surface area contributed by atoms with Crippen molar-refractivity contribution in [2.75, 3.05) is 0 Å². The number of carbonyl (C=O) groups excluding carboxylic acids is 1. The minimum absolute atomic E-state index is 0.0389. The highest BCUT2D eigenvalue weighted by molar-refractivity contribution is 9.10. The van der Waals surface area contributed by atoms with Crippen LogP contribution in [0.1, 0.15) is 25.8 Å². The highest BCUT2D eigenvalue weighted by atomic mass is 79.9. The summed E-state index contributed by atoms with van der Waals surface area (Å²) in [5, 5.41) is 0. The van der Waals surface area contributed by atoms with E-state index in [1.54, 1.807) is 13.8 Å². The van der Waals surface area contributed by atoms with Gasteiger partial charge in [-0.3, -0.25) is 4.79 Å². The fourth-order valence-corrected chi connectivity index (χ4v) is 3.02. The fourth-order valence-electron chi connectivity index (χ4n) is 2.14.